The summed E-state index contributed by atoms with van der Waals surface area (Å²) >= 11 is 0. The first-order valence-electron chi connectivity index (χ1n) is 10.1. The van der Waals surface area contributed by atoms with Gasteiger partial charge in [-0.25, -0.2) is 9.50 Å². The molecule has 0 spiro atoms. The van der Waals surface area contributed by atoms with Crippen molar-refractivity contribution in [3.8, 4) is 11.1 Å². The Balaban J connectivity index is 1.30. The fraction of sp³-hybridized carbons (Fsp3) is 0.381. The molecule has 29 heavy (non-hydrogen) atoms. The van der Waals surface area contributed by atoms with E-state index >= 15 is 0 Å². The van der Waals surface area contributed by atoms with Crippen LogP contribution in [0.1, 0.15) is 25.7 Å². The SMILES string of the molecule is OCCOC1CCC(Nc2ncc3c(-c4ccn5nccc5c4)c[nH]c3n2)CC1. The number of nitrogens with zero attached hydrogens (tertiary/aromatic N) is 4. The summed E-state index contributed by atoms with van der Waals surface area (Å²) in [4.78, 5) is 12.5. The number of hydrogen-bond acceptors (Lipinski definition) is 6. The van der Waals surface area contributed by atoms with Crippen LogP contribution < -0.4 is 5.32 Å². The zero-order valence-electron chi connectivity index (χ0n) is 16.1. The van der Waals surface area contributed by atoms with E-state index in [0.717, 1.165) is 53.4 Å². The van der Waals surface area contributed by atoms with Gasteiger partial charge in [-0.3, -0.25) is 0 Å². The van der Waals surface area contributed by atoms with Crippen LogP contribution in [0, 0.1) is 0 Å². The van der Waals surface area contributed by atoms with Gasteiger partial charge in [-0.2, -0.15) is 10.1 Å². The lowest BCUT2D eigenvalue weighted by atomic mass is 9.93. The highest BCUT2D eigenvalue weighted by atomic mass is 16.5. The van der Waals surface area contributed by atoms with Crippen molar-refractivity contribution in [1.29, 1.82) is 0 Å². The maximum atomic E-state index is 8.88. The van der Waals surface area contributed by atoms with Crippen LogP contribution in [0.2, 0.25) is 0 Å². The van der Waals surface area contributed by atoms with E-state index < -0.39 is 0 Å². The summed E-state index contributed by atoms with van der Waals surface area (Å²) in [6.07, 6.45) is 11.9. The molecule has 0 radical (unpaired) electrons. The molecule has 5 rings (SSSR count). The summed E-state index contributed by atoms with van der Waals surface area (Å²) < 4.78 is 7.48. The highest BCUT2D eigenvalue weighted by Crippen LogP contribution is 2.29. The number of rotatable bonds is 6. The predicted octanol–water partition coefficient (Wildman–Crippen LogP) is 3.00. The van der Waals surface area contributed by atoms with Crippen molar-refractivity contribution in [3.63, 3.8) is 0 Å². The lowest BCUT2D eigenvalue weighted by Crippen LogP contribution is -2.30. The van der Waals surface area contributed by atoms with Gasteiger partial charge in [0.25, 0.3) is 0 Å². The molecule has 0 aromatic carbocycles. The molecule has 8 nitrogen and oxygen atoms in total. The number of aliphatic hydroxyl groups is 1. The van der Waals surface area contributed by atoms with Crippen molar-refractivity contribution < 1.29 is 9.84 Å². The summed E-state index contributed by atoms with van der Waals surface area (Å²) in [6.45, 7) is 0.506. The molecule has 1 aliphatic carbocycles. The van der Waals surface area contributed by atoms with Crippen LogP contribution in [0.4, 0.5) is 5.95 Å². The summed E-state index contributed by atoms with van der Waals surface area (Å²) in [5.74, 6) is 0.650. The predicted molar refractivity (Wildman–Crippen MR) is 111 cm³/mol. The average molecular weight is 392 g/mol. The van der Waals surface area contributed by atoms with Gasteiger partial charge in [0.05, 0.1) is 24.8 Å². The van der Waals surface area contributed by atoms with E-state index in [-0.39, 0.29) is 12.7 Å². The van der Waals surface area contributed by atoms with Crippen LogP contribution in [0.15, 0.2) is 43.0 Å². The second kappa shape index (κ2) is 7.81. The minimum atomic E-state index is 0.0838. The fourth-order valence-electron chi connectivity index (χ4n) is 4.08. The third-order valence-electron chi connectivity index (χ3n) is 5.60. The van der Waals surface area contributed by atoms with Crippen molar-refractivity contribution >= 4 is 22.5 Å². The molecule has 0 amide bonds. The molecule has 4 aromatic heterocycles. The molecule has 1 aliphatic rings. The van der Waals surface area contributed by atoms with E-state index in [1.807, 2.05) is 35.2 Å². The lowest BCUT2D eigenvalue weighted by Gasteiger charge is -2.28. The van der Waals surface area contributed by atoms with Crippen LogP contribution in [0.5, 0.6) is 0 Å². The zero-order valence-corrected chi connectivity index (χ0v) is 16.1. The average Bonchev–Trinajstić information content (AvgIpc) is 3.39. The Morgan fingerprint density at radius 3 is 3.00 bits per heavy atom. The van der Waals surface area contributed by atoms with Crippen LogP contribution >= 0.6 is 0 Å². The van der Waals surface area contributed by atoms with Crippen molar-refractivity contribution in [3.05, 3.63) is 43.0 Å². The summed E-state index contributed by atoms with van der Waals surface area (Å²) in [6, 6.07) is 6.49. The summed E-state index contributed by atoms with van der Waals surface area (Å²) in [5, 5.41) is 17.6. The lowest BCUT2D eigenvalue weighted by molar-refractivity contribution is 0.00719. The number of anilines is 1. The van der Waals surface area contributed by atoms with Gasteiger partial charge in [-0.15, -0.1) is 0 Å². The Kier molecular flexibility index (Phi) is 4.87. The summed E-state index contributed by atoms with van der Waals surface area (Å²) in [7, 11) is 0. The number of nitrogens with one attached hydrogen (secondary N) is 2. The molecule has 3 N–H and O–H groups in total. The van der Waals surface area contributed by atoms with Gasteiger partial charge in [0, 0.05) is 41.8 Å². The first-order valence-corrected chi connectivity index (χ1v) is 10.1. The van der Waals surface area contributed by atoms with E-state index in [1.54, 1.807) is 6.20 Å². The van der Waals surface area contributed by atoms with Gasteiger partial charge < -0.3 is 20.1 Å². The minimum Gasteiger partial charge on any atom is -0.394 e. The van der Waals surface area contributed by atoms with E-state index in [2.05, 4.69) is 31.4 Å². The largest absolute Gasteiger partial charge is 0.394 e. The van der Waals surface area contributed by atoms with Gasteiger partial charge in [-0.05, 0) is 49.4 Å². The second-order valence-electron chi connectivity index (χ2n) is 7.49. The zero-order chi connectivity index (χ0) is 19.6. The fourth-order valence-corrected chi connectivity index (χ4v) is 4.08. The standard InChI is InChI=1S/C21H24N6O2/c28-9-10-29-17-3-1-15(2-4-17)25-21-23-13-19-18(12-22-20(19)26-21)14-6-8-27-16(11-14)5-7-24-27/h5-8,11-13,15,17,28H,1-4,9-10H2,(H2,22,23,25,26). The highest BCUT2D eigenvalue weighted by molar-refractivity contribution is 5.94. The Bertz CT molecular complexity index is 1110. The maximum Gasteiger partial charge on any atom is 0.224 e. The number of H-pyrrole nitrogens is 1. The van der Waals surface area contributed by atoms with Gasteiger partial charge in [-0.1, -0.05) is 0 Å². The van der Waals surface area contributed by atoms with Crippen molar-refractivity contribution in [1.82, 2.24) is 24.6 Å². The van der Waals surface area contributed by atoms with Gasteiger partial charge >= 0.3 is 0 Å². The van der Waals surface area contributed by atoms with Crippen molar-refractivity contribution in [2.45, 2.75) is 37.8 Å². The van der Waals surface area contributed by atoms with Gasteiger partial charge in [0.2, 0.25) is 5.95 Å². The minimum absolute atomic E-state index is 0.0838. The van der Waals surface area contributed by atoms with Crippen LogP contribution in [-0.4, -0.2) is 55.0 Å². The Morgan fingerprint density at radius 2 is 2.14 bits per heavy atom. The first kappa shape index (κ1) is 18.1. The number of aliphatic hydroxyl groups excluding tert-OH is 1. The first-order chi connectivity index (χ1) is 14.3. The molecular formula is C21H24N6O2. The molecule has 0 atom stereocenters. The number of aromatic amines is 1. The summed E-state index contributed by atoms with van der Waals surface area (Å²) in [5.41, 5.74) is 4.06. The Morgan fingerprint density at radius 1 is 1.24 bits per heavy atom. The number of hydrogen-bond donors (Lipinski definition) is 3. The molecule has 8 heteroatoms. The molecule has 1 fully saturated rings. The number of fused-ring (bicyclic) bond motifs is 2. The molecule has 4 heterocycles. The molecule has 0 bridgehead atoms. The number of pyridine rings is 1. The number of aromatic nitrogens is 5. The Labute approximate surface area is 167 Å². The second-order valence-corrected chi connectivity index (χ2v) is 7.49. The molecule has 0 saturated heterocycles. The molecular weight excluding hydrogens is 368 g/mol. The quantitative estimate of drug-likeness (QED) is 0.466. The highest BCUT2D eigenvalue weighted by Gasteiger charge is 2.22. The molecule has 0 aliphatic heterocycles. The van der Waals surface area contributed by atoms with E-state index in [0.29, 0.717) is 18.6 Å². The maximum absolute atomic E-state index is 8.88. The Hall–Kier alpha value is -2.97. The van der Waals surface area contributed by atoms with E-state index in [9.17, 15) is 0 Å². The van der Waals surface area contributed by atoms with Gasteiger partial charge in [0.1, 0.15) is 5.65 Å². The molecule has 0 unspecified atom stereocenters. The van der Waals surface area contributed by atoms with Crippen molar-refractivity contribution in [2.75, 3.05) is 18.5 Å². The number of ether oxygens (including phenoxy) is 1. The molecule has 150 valence electrons. The topological polar surface area (TPSA) is 100 Å². The molecule has 4 aromatic rings. The normalized spacial score (nSPS) is 19.8. The smallest absolute Gasteiger partial charge is 0.224 e. The van der Waals surface area contributed by atoms with Gasteiger partial charge in [0.15, 0.2) is 0 Å². The van der Waals surface area contributed by atoms with E-state index in [4.69, 9.17) is 9.84 Å². The van der Waals surface area contributed by atoms with Crippen molar-refractivity contribution in [2.24, 2.45) is 0 Å². The molecule has 1 saturated carbocycles. The third kappa shape index (κ3) is 3.68. The van der Waals surface area contributed by atoms with E-state index in [1.165, 1.54) is 0 Å². The van der Waals surface area contributed by atoms with Crippen LogP contribution in [0.3, 0.4) is 0 Å². The monoisotopic (exact) mass is 392 g/mol. The third-order valence-corrected chi connectivity index (χ3v) is 5.60. The van der Waals surface area contributed by atoms with Crippen LogP contribution in [-0.2, 0) is 4.74 Å². The van der Waals surface area contributed by atoms with Crippen LogP contribution in [0.25, 0.3) is 27.7 Å².